The van der Waals surface area contributed by atoms with Crippen LogP contribution >= 0.6 is 0 Å². The lowest BCUT2D eigenvalue weighted by molar-refractivity contribution is -0.118. The lowest BCUT2D eigenvalue weighted by Gasteiger charge is -2.08. The van der Waals surface area contributed by atoms with Gasteiger partial charge in [0.15, 0.2) is 0 Å². The van der Waals surface area contributed by atoms with Crippen LogP contribution in [0.1, 0.15) is 54.0 Å². The molecule has 0 radical (unpaired) electrons. The predicted molar refractivity (Wildman–Crippen MR) is 155 cm³/mol. The van der Waals surface area contributed by atoms with Gasteiger partial charge in [0.25, 0.3) is 10.1 Å². The molecule has 3 aromatic carbocycles. The van der Waals surface area contributed by atoms with Crippen molar-refractivity contribution in [2.45, 2.75) is 44.4 Å². The molecule has 0 N–H and O–H groups in total. The molecule has 0 bridgehead atoms. The number of hydrogen-bond donors (Lipinski definition) is 0. The van der Waals surface area contributed by atoms with Crippen LogP contribution in [0.5, 0.6) is 0 Å². The molecule has 0 saturated carbocycles. The molecule has 3 aromatic rings. The third-order valence-corrected chi connectivity index (χ3v) is 7.72. The summed E-state index contributed by atoms with van der Waals surface area (Å²) in [6.07, 6.45) is 5.98. The Bertz CT molecular complexity index is 1290. The van der Waals surface area contributed by atoms with Crippen LogP contribution in [0.4, 0.5) is 0 Å². The second kappa shape index (κ2) is 15.5. The van der Waals surface area contributed by atoms with Crippen molar-refractivity contribution in [3.8, 4) is 0 Å². The van der Waals surface area contributed by atoms with E-state index in [1.54, 1.807) is 19.1 Å². The van der Waals surface area contributed by atoms with Crippen molar-refractivity contribution in [3.05, 3.63) is 101 Å². The van der Waals surface area contributed by atoms with Crippen LogP contribution in [0.25, 0.3) is 12.2 Å². The first-order valence-electron chi connectivity index (χ1n) is 13.2. The number of benzene rings is 3. The number of rotatable bonds is 16. The Morgan fingerprint density at radius 3 is 1.90 bits per heavy atom. The van der Waals surface area contributed by atoms with E-state index in [1.807, 2.05) is 38.1 Å². The van der Waals surface area contributed by atoms with E-state index in [-0.39, 0.29) is 29.8 Å². The molecule has 0 heterocycles. The van der Waals surface area contributed by atoms with Crippen molar-refractivity contribution in [1.82, 2.24) is 0 Å². The molecule has 1 atom stereocenters. The van der Waals surface area contributed by atoms with Crippen molar-refractivity contribution in [2.24, 2.45) is 0 Å². The molecule has 0 spiro atoms. The van der Waals surface area contributed by atoms with Crippen LogP contribution in [0.3, 0.4) is 0 Å². The quantitative estimate of drug-likeness (QED) is 0.120. The first-order valence-corrected chi connectivity index (χ1v) is 14.6. The number of ether oxygens (including phenoxy) is 2. The Labute approximate surface area is 232 Å². The average molecular weight is 551 g/mol. The normalized spacial score (nSPS) is 12.6. The third-order valence-electron chi connectivity index (χ3n) is 6.40. The standard InChI is InChI=1S/C32H38O6S/c1-25-6-18-32(19-7-25)39(34,35)38-24-23-37-22-21-36-20-4-5-28-8-10-29(11-9-28)12-13-30-14-16-31(17-15-30)26(2)27(3)33/h6-19,26H,4-5,20-24H2,1-3H3/b13-12+. The summed E-state index contributed by atoms with van der Waals surface area (Å²) in [6, 6.07) is 23.1. The van der Waals surface area contributed by atoms with Gasteiger partial charge in [-0.2, -0.15) is 8.42 Å². The van der Waals surface area contributed by atoms with Gasteiger partial charge >= 0.3 is 0 Å². The van der Waals surface area contributed by atoms with E-state index in [0.29, 0.717) is 19.8 Å². The summed E-state index contributed by atoms with van der Waals surface area (Å²) in [5.41, 5.74) is 5.50. The fourth-order valence-electron chi connectivity index (χ4n) is 3.79. The number of aryl methyl sites for hydroxylation is 2. The van der Waals surface area contributed by atoms with Gasteiger partial charge in [0, 0.05) is 12.5 Å². The number of ketones is 1. The van der Waals surface area contributed by atoms with E-state index in [2.05, 4.69) is 36.4 Å². The highest BCUT2D eigenvalue weighted by Gasteiger charge is 2.14. The fraction of sp³-hybridized carbons (Fsp3) is 0.344. The highest BCUT2D eigenvalue weighted by Crippen LogP contribution is 2.18. The summed E-state index contributed by atoms with van der Waals surface area (Å²) in [6.45, 7) is 7.05. The smallest absolute Gasteiger partial charge is 0.297 e. The Hall–Kier alpha value is -3.10. The van der Waals surface area contributed by atoms with Crippen molar-refractivity contribution in [1.29, 1.82) is 0 Å². The summed E-state index contributed by atoms with van der Waals surface area (Å²) in [7, 11) is -3.76. The van der Waals surface area contributed by atoms with Crippen LogP contribution in [-0.2, 0) is 35.0 Å². The van der Waals surface area contributed by atoms with Gasteiger partial charge < -0.3 is 9.47 Å². The second-order valence-electron chi connectivity index (χ2n) is 9.49. The minimum absolute atomic E-state index is 0.0337. The Morgan fingerprint density at radius 1 is 0.769 bits per heavy atom. The van der Waals surface area contributed by atoms with Crippen molar-refractivity contribution in [3.63, 3.8) is 0 Å². The highest BCUT2D eigenvalue weighted by molar-refractivity contribution is 7.86. The van der Waals surface area contributed by atoms with Gasteiger partial charge in [0.1, 0.15) is 5.78 Å². The number of carbonyl (C=O) groups is 1. The van der Waals surface area contributed by atoms with E-state index >= 15 is 0 Å². The largest absolute Gasteiger partial charge is 0.379 e. The SMILES string of the molecule is CC(=O)C(C)c1ccc(/C=C/c2ccc(CCCOCCOCCOS(=O)(=O)c3ccc(C)cc3)cc2)cc1. The molecule has 1 unspecified atom stereocenters. The molecular weight excluding hydrogens is 512 g/mol. The van der Waals surface area contributed by atoms with E-state index in [1.165, 1.54) is 17.7 Å². The van der Waals surface area contributed by atoms with Gasteiger partial charge in [0.05, 0.1) is 31.3 Å². The summed E-state index contributed by atoms with van der Waals surface area (Å²) in [5, 5.41) is 0. The van der Waals surface area contributed by atoms with Crippen LogP contribution in [-0.4, -0.2) is 47.2 Å². The van der Waals surface area contributed by atoms with Crippen molar-refractivity contribution < 1.29 is 26.9 Å². The molecular formula is C32H38O6S. The van der Waals surface area contributed by atoms with Gasteiger partial charge in [-0.15, -0.1) is 0 Å². The average Bonchev–Trinajstić information content (AvgIpc) is 2.93. The van der Waals surface area contributed by atoms with Crippen LogP contribution < -0.4 is 0 Å². The number of carbonyl (C=O) groups excluding carboxylic acids is 1. The van der Waals surface area contributed by atoms with Gasteiger partial charge in [0.2, 0.25) is 0 Å². The first kappa shape index (κ1) is 30.4. The van der Waals surface area contributed by atoms with Crippen molar-refractivity contribution in [2.75, 3.05) is 33.0 Å². The molecule has 0 aliphatic heterocycles. The summed E-state index contributed by atoms with van der Waals surface area (Å²) in [5.74, 6) is 0.101. The molecule has 39 heavy (non-hydrogen) atoms. The van der Waals surface area contributed by atoms with Crippen LogP contribution in [0.15, 0.2) is 77.7 Å². The lowest BCUT2D eigenvalue weighted by Crippen LogP contribution is -2.13. The molecule has 0 fully saturated rings. The third kappa shape index (κ3) is 10.5. The fourth-order valence-corrected chi connectivity index (χ4v) is 4.69. The Balaban J connectivity index is 1.25. The Kier molecular flexibility index (Phi) is 12.1. The molecule has 7 heteroatoms. The number of hydrogen-bond acceptors (Lipinski definition) is 6. The van der Waals surface area contributed by atoms with E-state index in [4.69, 9.17) is 13.7 Å². The summed E-state index contributed by atoms with van der Waals surface area (Å²) < 4.78 is 40.3. The zero-order valence-electron chi connectivity index (χ0n) is 23.0. The van der Waals surface area contributed by atoms with Gasteiger partial charge in [-0.1, -0.05) is 85.3 Å². The molecule has 6 nitrogen and oxygen atoms in total. The minimum atomic E-state index is -3.76. The zero-order chi connectivity index (χ0) is 28.1. The molecule has 208 valence electrons. The maximum Gasteiger partial charge on any atom is 0.297 e. The van der Waals surface area contributed by atoms with E-state index in [9.17, 15) is 13.2 Å². The van der Waals surface area contributed by atoms with Crippen LogP contribution in [0.2, 0.25) is 0 Å². The molecule has 3 rings (SSSR count). The summed E-state index contributed by atoms with van der Waals surface area (Å²) in [4.78, 5) is 11.7. The van der Waals surface area contributed by atoms with Gasteiger partial charge in [-0.05, 0) is 61.1 Å². The molecule has 0 aromatic heterocycles. The maximum absolute atomic E-state index is 12.1. The molecule has 0 aliphatic carbocycles. The lowest BCUT2D eigenvalue weighted by atomic mass is 9.96. The van der Waals surface area contributed by atoms with E-state index < -0.39 is 10.1 Å². The molecule has 0 saturated heterocycles. The Morgan fingerprint density at radius 2 is 1.31 bits per heavy atom. The first-order chi connectivity index (χ1) is 18.7. The topological polar surface area (TPSA) is 78.9 Å². The van der Waals surface area contributed by atoms with Gasteiger partial charge in [-0.3, -0.25) is 8.98 Å². The van der Waals surface area contributed by atoms with Crippen molar-refractivity contribution >= 4 is 28.1 Å². The highest BCUT2D eigenvalue weighted by atomic mass is 32.2. The molecule has 0 amide bonds. The van der Waals surface area contributed by atoms with E-state index in [0.717, 1.165) is 35.1 Å². The number of Topliss-reactive ketones (excluding diaryl/α,β-unsaturated/α-hetero) is 1. The molecule has 0 aliphatic rings. The second-order valence-corrected chi connectivity index (χ2v) is 11.1. The van der Waals surface area contributed by atoms with Crippen LogP contribution in [0, 0.1) is 6.92 Å². The zero-order valence-corrected chi connectivity index (χ0v) is 23.8. The minimum Gasteiger partial charge on any atom is -0.379 e. The predicted octanol–water partition coefficient (Wildman–Crippen LogP) is 6.23. The maximum atomic E-state index is 12.1. The monoisotopic (exact) mass is 550 g/mol. The van der Waals surface area contributed by atoms with Gasteiger partial charge in [-0.25, -0.2) is 0 Å². The summed E-state index contributed by atoms with van der Waals surface area (Å²) >= 11 is 0.